The van der Waals surface area contributed by atoms with Gasteiger partial charge in [-0.15, -0.1) is 0 Å². The van der Waals surface area contributed by atoms with Crippen LogP contribution in [-0.4, -0.2) is 64.0 Å². The minimum Gasteiger partial charge on any atom is -0.458 e. The maximum Gasteiger partial charge on any atom is 0.408 e. The van der Waals surface area contributed by atoms with E-state index < -0.39 is 99.5 Å². The summed E-state index contributed by atoms with van der Waals surface area (Å²) in [5.41, 5.74) is -4.08. The molecule has 0 aliphatic carbocycles. The summed E-state index contributed by atoms with van der Waals surface area (Å²) in [6.45, 7) is 1.62. The third-order valence-corrected chi connectivity index (χ3v) is 6.34. The fourth-order valence-electron chi connectivity index (χ4n) is 4.44. The quantitative estimate of drug-likeness (QED) is 0.335. The average Bonchev–Trinajstić information content (AvgIpc) is 3.21. The third-order valence-electron chi connectivity index (χ3n) is 6.34. The van der Waals surface area contributed by atoms with Crippen LogP contribution in [0.4, 0.5) is 36.6 Å². The Morgan fingerprint density at radius 1 is 1.12 bits per heavy atom. The van der Waals surface area contributed by atoms with E-state index in [9.17, 15) is 45.8 Å². The highest BCUT2D eigenvalue weighted by Crippen LogP contribution is 2.29. The predicted octanol–water partition coefficient (Wildman–Crippen LogP) is 3.13. The summed E-state index contributed by atoms with van der Waals surface area (Å²) in [5.74, 6) is -8.49. The number of hydrogen-bond acceptors (Lipinski definition) is 7. The Kier molecular flexibility index (Phi) is 7.98. The van der Waals surface area contributed by atoms with Crippen molar-refractivity contribution >= 4 is 28.7 Å². The molecule has 0 radical (unpaired) electrons. The van der Waals surface area contributed by atoms with Gasteiger partial charge in [-0.25, -0.2) is 22.5 Å². The number of amides is 1. The molecule has 16 heteroatoms. The summed E-state index contributed by atoms with van der Waals surface area (Å²) >= 11 is 0. The molecule has 2 aromatic heterocycles. The Morgan fingerprint density at radius 3 is 2.32 bits per heavy atom. The molecule has 41 heavy (non-hydrogen) atoms. The van der Waals surface area contributed by atoms with Crippen molar-refractivity contribution < 1.29 is 50.2 Å². The van der Waals surface area contributed by atoms with Crippen LogP contribution in [0.5, 0.6) is 0 Å². The molecule has 1 unspecified atom stereocenters. The standard InChI is InChI=1S/C25H21F7N4O5/c1-3-19(25(30,31)32)33-24(40)13-7-36(20-14(27)4-11(26)5-15(20)28)22-12(21(13)39)6-16(29)23(34-22)35-8-17(38)18(9-35)41-10(2)37/h4-7,17-19,38H,3,8-9H2,1-2H3,(H,33,40)/t17-,18-,19?/m1/s1. The first kappa shape index (κ1) is 29.8. The molecule has 1 aliphatic rings. The van der Waals surface area contributed by atoms with Crippen LogP contribution in [0.15, 0.2) is 29.2 Å². The van der Waals surface area contributed by atoms with Crippen LogP contribution in [0, 0.1) is 23.3 Å². The number of aliphatic hydroxyl groups excluding tert-OH is 1. The zero-order valence-electron chi connectivity index (χ0n) is 21.2. The molecule has 0 saturated carbocycles. The summed E-state index contributed by atoms with van der Waals surface area (Å²) < 4.78 is 104. The van der Waals surface area contributed by atoms with Gasteiger partial charge < -0.3 is 20.1 Å². The highest BCUT2D eigenvalue weighted by molar-refractivity contribution is 5.97. The number of fused-ring (bicyclic) bond motifs is 1. The number of hydrogen-bond donors (Lipinski definition) is 2. The number of carbonyl (C=O) groups is 2. The van der Waals surface area contributed by atoms with Crippen molar-refractivity contribution in [2.24, 2.45) is 0 Å². The van der Waals surface area contributed by atoms with Gasteiger partial charge in [0.25, 0.3) is 5.91 Å². The summed E-state index contributed by atoms with van der Waals surface area (Å²) in [5, 5.41) is 11.1. The minimum atomic E-state index is -4.90. The van der Waals surface area contributed by atoms with Crippen molar-refractivity contribution in [3.63, 3.8) is 0 Å². The maximum absolute atomic E-state index is 15.3. The van der Waals surface area contributed by atoms with E-state index in [1.54, 1.807) is 5.32 Å². The molecule has 1 aliphatic heterocycles. The van der Waals surface area contributed by atoms with Crippen LogP contribution >= 0.6 is 0 Å². The number of anilines is 1. The summed E-state index contributed by atoms with van der Waals surface area (Å²) in [6.07, 6.45) is -7.38. The van der Waals surface area contributed by atoms with Crippen molar-refractivity contribution in [2.75, 3.05) is 18.0 Å². The second-order valence-electron chi connectivity index (χ2n) is 9.22. The Morgan fingerprint density at radius 2 is 1.76 bits per heavy atom. The number of pyridine rings is 2. The molecule has 9 nitrogen and oxygen atoms in total. The number of alkyl halides is 3. The molecule has 220 valence electrons. The van der Waals surface area contributed by atoms with Gasteiger partial charge in [0.05, 0.1) is 11.9 Å². The van der Waals surface area contributed by atoms with E-state index in [1.807, 2.05) is 0 Å². The lowest BCUT2D eigenvalue weighted by Crippen LogP contribution is -2.46. The van der Waals surface area contributed by atoms with Crippen molar-refractivity contribution in [1.29, 1.82) is 0 Å². The van der Waals surface area contributed by atoms with Gasteiger partial charge in [0.2, 0.25) is 5.43 Å². The van der Waals surface area contributed by atoms with Gasteiger partial charge in [0.15, 0.2) is 28.9 Å². The molecular formula is C25H21F7N4O5. The average molecular weight is 590 g/mol. The molecule has 3 aromatic rings. The number of rotatable bonds is 6. The van der Waals surface area contributed by atoms with E-state index in [4.69, 9.17) is 4.74 Å². The third kappa shape index (κ3) is 5.82. The number of halogens is 7. The lowest BCUT2D eigenvalue weighted by Gasteiger charge is -2.22. The summed E-state index contributed by atoms with van der Waals surface area (Å²) in [6, 6.07) is -1.30. The molecule has 1 aromatic carbocycles. The van der Waals surface area contributed by atoms with Gasteiger partial charge in [-0.05, 0) is 12.5 Å². The van der Waals surface area contributed by atoms with Crippen LogP contribution in [0.2, 0.25) is 0 Å². The second kappa shape index (κ2) is 11.0. The normalized spacial score (nSPS) is 18.0. The highest BCUT2D eigenvalue weighted by atomic mass is 19.4. The number of carbonyl (C=O) groups excluding carboxylic acids is 2. The van der Waals surface area contributed by atoms with Crippen LogP contribution in [0.1, 0.15) is 30.6 Å². The Balaban J connectivity index is 1.94. The SMILES string of the molecule is CCC(NC(=O)c1cn(-c2c(F)cc(F)cc2F)c2nc(N3C[C@@H](O)[C@H](OC(C)=O)C3)c(F)cc2c1=O)C(F)(F)F. The second-order valence-corrected chi connectivity index (χ2v) is 9.22. The molecule has 0 spiro atoms. The van der Waals surface area contributed by atoms with Gasteiger partial charge in [0.1, 0.15) is 35.3 Å². The van der Waals surface area contributed by atoms with Gasteiger partial charge in [0, 0.05) is 31.8 Å². The first-order chi connectivity index (χ1) is 19.1. The Bertz CT molecular complexity index is 1570. The van der Waals surface area contributed by atoms with E-state index in [-0.39, 0.29) is 25.2 Å². The van der Waals surface area contributed by atoms with Crippen LogP contribution < -0.4 is 15.6 Å². The van der Waals surface area contributed by atoms with Crippen molar-refractivity contribution in [3.8, 4) is 5.69 Å². The van der Waals surface area contributed by atoms with E-state index in [1.165, 1.54) is 0 Å². The molecule has 1 fully saturated rings. The summed E-state index contributed by atoms with van der Waals surface area (Å²) in [4.78, 5) is 42.4. The lowest BCUT2D eigenvalue weighted by molar-refractivity contribution is -0.154. The molecule has 1 amide bonds. The number of aliphatic hydroxyl groups is 1. The smallest absolute Gasteiger partial charge is 0.408 e. The van der Waals surface area contributed by atoms with Crippen LogP contribution in [-0.2, 0) is 9.53 Å². The molecule has 1 saturated heterocycles. The predicted molar refractivity (Wildman–Crippen MR) is 129 cm³/mol. The van der Waals surface area contributed by atoms with E-state index in [0.29, 0.717) is 16.8 Å². The number of nitrogens with zero attached hydrogens (tertiary/aromatic N) is 3. The largest absolute Gasteiger partial charge is 0.458 e. The number of aromatic nitrogens is 2. The van der Waals surface area contributed by atoms with Crippen molar-refractivity contribution in [2.45, 2.75) is 44.7 Å². The molecule has 4 rings (SSSR count). The van der Waals surface area contributed by atoms with E-state index in [2.05, 4.69) is 4.98 Å². The van der Waals surface area contributed by atoms with Gasteiger partial charge in [-0.3, -0.25) is 19.0 Å². The fourth-order valence-corrected chi connectivity index (χ4v) is 4.44. The number of esters is 1. The first-order valence-electron chi connectivity index (χ1n) is 12.0. The van der Waals surface area contributed by atoms with Crippen LogP contribution in [0.25, 0.3) is 16.7 Å². The number of benzene rings is 1. The van der Waals surface area contributed by atoms with Crippen molar-refractivity contribution in [1.82, 2.24) is 14.9 Å². The lowest BCUT2D eigenvalue weighted by atomic mass is 10.1. The molecule has 3 atom stereocenters. The maximum atomic E-state index is 15.3. The molecular weight excluding hydrogens is 569 g/mol. The van der Waals surface area contributed by atoms with Crippen LogP contribution in [0.3, 0.4) is 0 Å². The number of nitrogens with one attached hydrogen (secondary N) is 1. The van der Waals surface area contributed by atoms with Gasteiger partial charge in [-0.1, -0.05) is 6.92 Å². The van der Waals surface area contributed by atoms with E-state index in [0.717, 1.165) is 18.7 Å². The molecule has 3 heterocycles. The topological polar surface area (TPSA) is 114 Å². The monoisotopic (exact) mass is 590 g/mol. The number of ether oxygens (including phenoxy) is 1. The van der Waals surface area contributed by atoms with E-state index >= 15 is 4.39 Å². The zero-order chi connectivity index (χ0) is 30.4. The fraction of sp³-hybridized carbons (Fsp3) is 0.360. The van der Waals surface area contributed by atoms with Gasteiger partial charge >= 0.3 is 12.1 Å². The summed E-state index contributed by atoms with van der Waals surface area (Å²) in [7, 11) is 0. The number of β-amino-alcohol motifs (C(OH)–C–C–N with tert-alkyl or cyclic N) is 1. The zero-order valence-corrected chi connectivity index (χ0v) is 21.2. The molecule has 0 bridgehead atoms. The molecule has 2 N–H and O–H groups in total. The van der Waals surface area contributed by atoms with Gasteiger partial charge in [-0.2, -0.15) is 13.2 Å². The highest BCUT2D eigenvalue weighted by Gasteiger charge is 2.40. The Labute approximate surface area is 226 Å². The first-order valence-corrected chi connectivity index (χ1v) is 12.0. The minimum absolute atomic E-state index is 0.268. The Hall–Kier alpha value is -4.21. The van der Waals surface area contributed by atoms with Crippen molar-refractivity contribution in [3.05, 3.63) is 63.5 Å².